The van der Waals surface area contributed by atoms with Crippen LogP contribution in [0.25, 0.3) is 10.2 Å². The number of fused-ring (bicyclic) bond motifs is 1. The molecule has 2 aliphatic heterocycles. The van der Waals surface area contributed by atoms with Crippen molar-refractivity contribution in [3.05, 3.63) is 17.3 Å². The minimum absolute atomic E-state index is 0.434. The molecule has 0 aromatic carbocycles. The molecule has 8 nitrogen and oxygen atoms in total. The molecule has 2 aromatic rings. The fourth-order valence-electron chi connectivity index (χ4n) is 3.46. The van der Waals surface area contributed by atoms with E-state index >= 15 is 0 Å². The third-order valence-electron chi connectivity index (χ3n) is 4.79. The van der Waals surface area contributed by atoms with Crippen LogP contribution in [0.1, 0.15) is 12.2 Å². The lowest BCUT2D eigenvalue weighted by Crippen LogP contribution is -2.49. The van der Waals surface area contributed by atoms with E-state index < -0.39 is 10.2 Å². The maximum Gasteiger partial charge on any atom is 0.282 e. The first-order chi connectivity index (χ1) is 12.6. The van der Waals surface area contributed by atoms with Crippen LogP contribution in [0, 0.1) is 6.92 Å². The monoisotopic (exact) mass is 397 g/mol. The van der Waals surface area contributed by atoms with E-state index in [1.165, 1.54) is 4.31 Å². The average molecular weight is 398 g/mol. The molecule has 0 saturated carbocycles. The highest BCUT2D eigenvalue weighted by molar-refractivity contribution is 7.86. The van der Waals surface area contributed by atoms with Crippen molar-refractivity contribution in [1.82, 2.24) is 18.6 Å². The van der Waals surface area contributed by atoms with E-state index in [2.05, 4.69) is 14.9 Å². The van der Waals surface area contributed by atoms with Crippen LogP contribution in [0.3, 0.4) is 0 Å². The molecule has 2 fully saturated rings. The number of ether oxygens (including phenoxy) is 1. The van der Waals surface area contributed by atoms with Crippen molar-refractivity contribution in [2.75, 3.05) is 57.4 Å². The first-order valence-electron chi connectivity index (χ1n) is 8.85. The van der Waals surface area contributed by atoms with Gasteiger partial charge in [0, 0.05) is 39.3 Å². The Balaban J connectivity index is 1.54. The van der Waals surface area contributed by atoms with Crippen molar-refractivity contribution in [2.24, 2.45) is 0 Å². The van der Waals surface area contributed by atoms with E-state index in [0.29, 0.717) is 45.9 Å². The predicted molar refractivity (Wildman–Crippen MR) is 102 cm³/mol. The van der Waals surface area contributed by atoms with Gasteiger partial charge in [-0.1, -0.05) is 0 Å². The molecule has 4 heterocycles. The van der Waals surface area contributed by atoms with Crippen LogP contribution in [0.4, 0.5) is 5.82 Å². The van der Waals surface area contributed by atoms with Gasteiger partial charge >= 0.3 is 0 Å². The zero-order chi connectivity index (χ0) is 18.1. The van der Waals surface area contributed by atoms with Gasteiger partial charge < -0.3 is 9.64 Å². The molecular weight excluding hydrogens is 374 g/mol. The lowest BCUT2D eigenvalue weighted by molar-refractivity contribution is 0.0703. The van der Waals surface area contributed by atoms with Crippen LogP contribution in [0.5, 0.6) is 0 Å². The van der Waals surface area contributed by atoms with Crippen LogP contribution >= 0.6 is 11.3 Å². The fourth-order valence-corrected chi connectivity index (χ4v) is 5.87. The molecule has 2 aromatic heterocycles. The number of hydrogen-bond donors (Lipinski definition) is 0. The Labute approximate surface area is 157 Å². The topological polar surface area (TPSA) is 78.9 Å². The molecule has 0 unspecified atom stereocenters. The third kappa shape index (κ3) is 3.44. The van der Waals surface area contributed by atoms with Gasteiger partial charge in [-0.15, -0.1) is 11.3 Å². The molecule has 26 heavy (non-hydrogen) atoms. The molecule has 0 aliphatic carbocycles. The first kappa shape index (κ1) is 18.1. The predicted octanol–water partition coefficient (Wildman–Crippen LogP) is 1.09. The van der Waals surface area contributed by atoms with Crippen molar-refractivity contribution in [1.29, 1.82) is 0 Å². The highest BCUT2D eigenvalue weighted by atomic mass is 32.2. The van der Waals surface area contributed by atoms with E-state index in [1.54, 1.807) is 15.6 Å². The highest BCUT2D eigenvalue weighted by Crippen LogP contribution is 2.28. The number of thiophene rings is 1. The minimum Gasteiger partial charge on any atom is -0.379 e. The lowest BCUT2D eigenvalue weighted by atomic mass is 10.3. The molecule has 0 bridgehead atoms. The maximum absolute atomic E-state index is 12.9. The molecule has 4 rings (SSSR count). The van der Waals surface area contributed by atoms with E-state index in [1.807, 2.05) is 18.4 Å². The average Bonchev–Trinajstić information content (AvgIpc) is 2.96. The Kier molecular flexibility index (Phi) is 5.11. The number of aromatic nitrogens is 2. The summed E-state index contributed by atoms with van der Waals surface area (Å²) in [4.78, 5) is 12.3. The van der Waals surface area contributed by atoms with Crippen molar-refractivity contribution in [3.8, 4) is 0 Å². The lowest BCUT2D eigenvalue weighted by Gasteiger charge is -2.31. The van der Waals surface area contributed by atoms with Crippen LogP contribution in [-0.2, 0) is 14.9 Å². The van der Waals surface area contributed by atoms with Gasteiger partial charge in [0.25, 0.3) is 10.2 Å². The molecule has 142 valence electrons. The number of morpholine rings is 1. The quantitative estimate of drug-likeness (QED) is 0.771. The molecule has 0 amide bonds. The third-order valence-corrected chi connectivity index (χ3v) is 7.64. The van der Waals surface area contributed by atoms with E-state index in [4.69, 9.17) is 4.74 Å². The molecule has 2 saturated heterocycles. The van der Waals surface area contributed by atoms with Crippen molar-refractivity contribution < 1.29 is 13.2 Å². The van der Waals surface area contributed by atoms with Gasteiger partial charge in [0.1, 0.15) is 16.5 Å². The van der Waals surface area contributed by atoms with Crippen LogP contribution < -0.4 is 4.90 Å². The van der Waals surface area contributed by atoms with Crippen molar-refractivity contribution in [2.45, 2.75) is 13.3 Å². The van der Waals surface area contributed by atoms with Gasteiger partial charge in [0.2, 0.25) is 0 Å². The molecule has 0 radical (unpaired) electrons. The molecule has 10 heteroatoms. The van der Waals surface area contributed by atoms with Gasteiger partial charge in [0.05, 0.1) is 18.6 Å². The van der Waals surface area contributed by atoms with Crippen molar-refractivity contribution in [3.63, 3.8) is 0 Å². The van der Waals surface area contributed by atoms with Crippen LogP contribution in [-0.4, -0.2) is 79.5 Å². The Bertz CT molecular complexity index is 879. The fraction of sp³-hybridized carbons (Fsp3) is 0.625. The van der Waals surface area contributed by atoms with Gasteiger partial charge in [-0.2, -0.15) is 17.0 Å². The molecular formula is C16H23N5O3S2. The van der Waals surface area contributed by atoms with Gasteiger partial charge in [-0.3, -0.25) is 0 Å². The second kappa shape index (κ2) is 7.35. The van der Waals surface area contributed by atoms with Gasteiger partial charge in [0.15, 0.2) is 0 Å². The van der Waals surface area contributed by atoms with Gasteiger partial charge in [-0.05, 0) is 24.8 Å². The number of rotatable bonds is 3. The standard InChI is InChI=1S/C16H23N5O3S2/c1-13-17-15(14-3-12-25-16(14)18-13)19-4-2-5-20(7-6-19)26(22,23)21-8-10-24-11-9-21/h3,12H,2,4-11H2,1H3. The zero-order valence-corrected chi connectivity index (χ0v) is 16.4. The summed E-state index contributed by atoms with van der Waals surface area (Å²) in [5.41, 5.74) is 0. The normalized spacial score (nSPS) is 21.2. The largest absolute Gasteiger partial charge is 0.379 e. The summed E-state index contributed by atoms with van der Waals surface area (Å²) >= 11 is 1.61. The second-order valence-corrected chi connectivity index (χ2v) is 9.32. The van der Waals surface area contributed by atoms with Crippen LogP contribution in [0.15, 0.2) is 11.4 Å². The van der Waals surface area contributed by atoms with E-state index in [9.17, 15) is 8.42 Å². The van der Waals surface area contributed by atoms with Crippen LogP contribution in [0.2, 0.25) is 0 Å². The molecule has 2 aliphatic rings. The van der Waals surface area contributed by atoms with Crippen molar-refractivity contribution >= 4 is 37.6 Å². The second-order valence-electron chi connectivity index (χ2n) is 6.49. The SMILES string of the molecule is Cc1nc(N2CCCN(S(=O)(=O)N3CCOCC3)CC2)c2ccsc2n1. The summed E-state index contributed by atoms with van der Waals surface area (Å²) in [5, 5.41) is 3.07. The van der Waals surface area contributed by atoms with Gasteiger partial charge in [-0.25, -0.2) is 9.97 Å². The Morgan fingerprint density at radius 1 is 1.04 bits per heavy atom. The minimum atomic E-state index is -3.42. The Morgan fingerprint density at radius 2 is 1.81 bits per heavy atom. The van der Waals surface area contributed by atoms with E-state index in [-0.39, 0.29) is 0 Å². The summed E-state index contributed by atoms with van der Waals surface area (Å²) in [6, 6.07) is 2.04. The summed E-state index contributed by atoms with van der Waals surface area (Å²) in [5.74, 6) is 1.66. The Morgan fingerprint density at radius 3 is 2.62 bits per heavy atom. The summed E-state index contributed by atoms with van der Waals surface area (Å²) in [6.07, 6.45) is 0.776. The summed E-state index contributed by atoms with van der Waals surface area (Å²) in [7, 11) is -3.42. The number of hydrogen-bond acceptors (Lipinski definition) is 7. The number of aryl methyl sites for hydroxylation is 1. The highest BCUT2D eigenvalue weighted by Gasteiger charge is 2.32. The number of nitrogens with zero attached hydrogens (tertiary/aromatic N) is 5. The number of anilines is 1. The molecule has 0 atom stereocenters. The smallest absolute Gasteiger partial charge is 0.282 e. The summed E-state index contributed by atoms with van der Waals surface area (Å²) in [6.45, 7) is 6.12. The zero-order valence-electron chi connectivity index (χ0n) is 14.8. The maximum atomic E-state index is 12.9. The molecule has 0 N–H and O–H groups in total. The Hall–Kier alpha value is -1.33. The first-order valence-corrected chi connectivity index (χ1v) is 11.1. The van der Waals surface area contributed by atoms with E-state index in [0.717, 1.165) is 34.8 Å². The summed E-state index contributed by atoms with van der Waals surface area (Å²) < 4.78 is 34.3. The molecule has 0 spiro atoms.